The number of thiophene rings is 1. The highest BCUT2D eigenvalue weighted by Crippen LogP contribution is 2.24. The Morgan fingerprint density at radius 3 is 2.90 bits per heavy atom. The van der Waals surface area contributed by atoms with Gasteiger partial charge in [0.2, 0.25) is 0 Å². The molecule has 108 valence electrons. The molecule has 0 bridgehead atoms. The van der Waals surface area contributed by atoms with Crippen molar-refractivity contribution in [1.29, 1.82) is 0 Å². The molecule has 0 aliphatic rings. The number of anilines is 1. The summed E-state index contributed by atoms with van der Waals surface area (Å²) in [5.41, 5.74) is 2.09. The van der Waals surface area contributed by atoms with E-state index in [1.54, 1.807) is 17.4 Å². The second-order valence-corrected chi connectivity index (χ2v) is 6.82. The Hall–Kier alpha value is -0.980. The van der Waals surface area contributed by atoms with Crippen LogP contribution in [0.1, 0.15) is 18.1 Å². The highest BCUT2D eigenvalue weighted by atomic mass is 79.9. The zero-order valence-electron chi connectivity index (χ0n) is 11.5. The highest BCUT2D eigenvalue weighted by Gasteiger charge is 2.11. The normalized spacial score (nSPS) is 10.8. The molecule has 2 rings (SSSR count). The average molecular weight is 358 g/mol. The molecular weight excluding hydrogens is 341 g/mol. The first-order valence-corrected chi connectivity index (χ1v) is 8.06. The minimum absolute atomic E-state index is 0.298. The molecule has 0 fully saturated rings. The molecular formula is C14H17BrFN3S. The summed E-state index contributed by atoms with van der Waals surface area (Å²) in [6.45, 7) is 4.24. The van der Waals surface area contributed by atoms with Gasteiger partial charge in [-0.1, -0.05) is 6.92 Å². The van der Waals surface area contributed by atoms with E-state index in [4.69, 9.17) is 0 Å². The molecule has 0 spiro atoms. The molecule has 0 saturated heterocycles. The van der Waals surface area contributed by atoms with Crippen LogP contribution in [0.15, 0.2) is 27.5 Å². The van der Waals surface area contributed by atoms with Gasteiger partial charge in [-0.2, -0.15) is 0 Å². The largest absolute Gasteiger partial charge is 0.355 e. The minimum atomic E-state index is -0.298. The molecule has 2 heterocycles. The number of pyridine rings is 1. The number of aromatic nitrogens is 1. The van der Waals surface area contributed by atoms with Crippen molar-refractivity contribution in [2.24, 2.45) is 0 Å². The number of hydrogen-bond acceptors (Lipinski definition) is 4. The zero-order chi connectivity index (χ0) is 14.5. The summed E-state index contributed by atoms with van der Waals surface area (Å²) >= 11 is 5.12. The fourth-order valence-electron chi connectivity index (χ4n) is 1.98. The third kappa shape index (κ3) is 4.01. The maximum Gasteiger partial charge on any atom is 0.141 e. The van der Waals surface area contributed by atoms with E-state index in [-0.39, 0.29) is 5.82 Å². The maximum atomic E-state index is 13.4. The van der Waals surface area contributed by atoms with Crippen molar-refractivity contribution in [3.8, 4) is 0 Å². The lowest BCUT2D eigenvalue weighted by atomic mass is 10.2. The fraction of sp³-hybridized carbons (Fsp3) is 0.357. The van der Waals surface area contributed by atoms with Crippen LogP contribution in [0.3, 0.4) is 0 Å². The Balaban J connectivity index is 2.17. The Labute approximate surface area is 131 Å². The number of hydrogen-bond donors (Lipinski definition) is 1. The zero-order valence-corrected chi connectivity index (χ0v) is 13.9. The Morgan fingerprint density at radius 2 is 2.25 bits per heavy atom. The van der Waals surface area contributed by atoms with E-state index in [0.717, 1.165) is 28.3 Å². The summed E-state index contributed by atoms with van der Waals surface area (Å²) in [5.74, 6) is 0.517. The molecule has 2 aromatic heterocycles. The number of rotatable bonds is 6. The number of nitrogens with zero attached hydrogens (tertiary/aromatic N) is 2. The predicted octanol–water partition coefficient (Wildman–Crippen LogP) is 3.79. The molecule has 0 amide bonds. The number of halogens is 2. The summed E-state index contributed by atoms with van der Waals surface area (Å²) in [5, 5.41) is 5.32. The van der Waals surface area contributed by atoms with E-state index >= 15 is 0 Å². The molecule has 0 atom stereocenters. The average Bonchev–Trinajstić information content (AvgIpc) is 2.81. The summed E-state index contributed by atoms with van der Waals surface area (Å²) < 4.78 is 14.5. The first-order valence-electron chi connectivity index (χ1n) is 6.39. The molecule has 0 aromatic carbocycles. The lowest BCUT2D eigenvalue weighted by molar-refractivity contribution is 0.613. The van der Waals surface area contributed by atoms with Gasteiger partial charge in [0.15, 0.2) is 0 Å². The topological polar surface area (TPSA) is 28.2 Å². The lowest BCUT2D eigenvalue weighted by Crippen LogP contribution is -2.22. The molecule has 20 heavy (non-hydrogen) atoms. The van der Waals surface area contributed by atoms with Crippen LogP contribution in [0.2, 0.25) is 0 Å². The van der Waals surface area contributed by atoms with Crippen LogP contribution >= 0.6 is 27.3 Å². The quantitative estimate of drug-likeness (QED) is 0.852. The van der Waals surface area contributed by atoms with Gasteiger partial charge in [0, 0.05) is 25.7 Å². The van der Waals surface area contributed by atoms with Crippen molar-refractivity contribution in [2.45, 2.75) is 20.0 Å². The Bertz CT molecular complexity index is 573. The first kappa shape index (κ1) is 15.4. The van der Waals surface area contributed by atoms with Crippen LogP contribution in [0, 0.1) is 5.82 Å². The third-order valence-electron chi connectivity index (χ3n) is 2.88. The van der Waals surface area contributed by atoms with Gasteiger partial charge in [-0.25, -0.2) is 9.37 Å². The molecule has 0 aliphatic carbocycles. The molecule has 0 unspecified atom stereocenters. The van der Waals surface area contributed by atoms with Crippen molar-refractivity contribution >= 4 is 33.1 Å². The van der Waals surface area contributed by atoms with Crippen LogP contribution in [0.25, 0.3) is 0 Å². The van der Waals surface area contributed by atoms with E-state index in [2.05, 4.69) is 37.7 Å². The van der Waals surface area contributed by atoms with Gasteiger partial charge in [-0.15, -0.1) is 11.3 Å². The van der Waals surface area contributed by atoms with Crippen LogP contribution in [0.5, 0.6) is 0 Å². The standard InChI is InChI=1S/C14H17BrFN3S/c1-3-17-6-11-5-12(16)7-18-14(11)19(2)8-10-4-13(15)20-9-10/h4-5,7,9,17H,3,6,8H2,1-2H3. The highest BCUT2D eigenvalue weighted by molar-refractivity contribution is 9.11. The third-order valence-corrected chi connectivity index (χ3v) is 4.43. The molecule has 2 aromatic rings. The molecule has 3 nitrogen and oxygen atoms in total. The first-order chi connectivity index (χ1) is 9.60. The second-order valence-electron chi connectivity index (χ2n) is 4.53. The van der Waals surface area contributed by atoms with E-state index in [9.17, 15) is 4.39 Å². The van der Waals surface area contributed by atoms with Gasteiger partial charge < -0.3 is 10.2 Å². The molecule has 6 heteroatoms. The van der Waals surface area contributed by atoms with Gasteiger partial charge >= 0.3 is 0 Å². The number of nitrogens with one attached hydrogen (secondary N) is 1. The molecule has 1 N–H and O–H groups in total. The molecule has 0 saturated carbocycles. The van der Waals surface area contributed by atoms with Crippen molar-refractivity contribution < 1.29 is 4.39 Å². The minimum Gasteiger partial charge on any atom is -0.355 e. The summed E-state index contributed by atoms with van der Waals surface area (Å²) in [7, 11) is 1.97. The van der Waals surface area contributed by atoms with Crippen LogP contribution < -0.4 is 10.2 Å². The summed E-state index contributed by atoms with van der Waals surface area (Å²) in [6.07, 6.45) is 1.27. The lowest BCUT2D eigenvalue weighted by Gasteiger charge is -2.21. The smallest absolute Gasteiger partial charge is 0.141 e. The van der Waals surface area contributed by atoms with Crippen molar-refractivity contribution in [3.05, 3.63) is 44.4 Å². The predicted molar refractivity (Wildman–Crippen MR) is 85.7 cm³/mol. The Morgan fingerprint density at radius 1 is 1.45 bits per heavy atom. The van der Waals surface area contributed by atoms with E-state index in [1.165, 1.54) is 11.8 Å². The van der Waals surface area contributed by atoms with E-state index in [0.29, 0.717) is 6.54 Å². The van der Waals surface area contributed by atoms with Gasteiger partial charge in [-0.05, 0) is 45.6 Å². The maximum absolute atomic E-state index is 13.4. The van der Waals surface area contributed by atoms with Gasteiger partial charge in [0.25, 0.3) is 0 Å². The fourth-order valence-corrected chi connectivity index (χ4v) is 3.19. The van der Waals surface area contributed by atoms with Gasteiger partial charge in [0.1, 0.15) is 11.6 Å². The molecule has 0 aliphatic heterocycles. The van der Waals surface area contributed by atoms with Crippen LogP contribution in [0.4, 0.5) is 10.2 Å². The van der Waals surface area contributed by atoms with Crippen molar-refractivity contribution in [1.82, 2.24) is 10.3 Å². The summed E-state index contributed by atoms with van der Waals surface area (Å²) in [4.78, 5) is 6.28. The van der Waals surface area contributed by atoms with Crippen LogP contribution in [-0.4, -0.2) is 18.6 Å². The SMILES string of the molecule is CCNCc1cc(F)cnc1N(C)Cc1csc(Br)c1. The van der Waals surface area contributed by atoms with E-state index < -0.39 is 0 Å². The van der Waals surface area contributed by atoms with Crippen molar-refractivity contribution in [2.75, 3.05) is 18.5 Å². The molecule has 0 radical (unpaired) electrons. The van der Waals surface area contributed by atoms with Gasteiger partial charge in [0.05, 0.1) is 9.98 Å². The monoisotopic (exact) mass is 357 g/mol. The van der Waals surface area contributed by atoms with E-state index in [1.807, 2.05) is 18.9 Å². The second kappa shape index (κ2) is 7.15. The Kier molecular flexibility index (Phi) is 5.51. The van der Waals surface area contributed by atoms with Crippen LogP contribution in [-0.2, 0) is 13.1 Å². The van der Waals surface area contributed by atoms with Gasteiger partial charge in [-0.3, -0.25) is 0 Å². The van der Waals surface area contributed by atoms with Crippen molar-refractivity contribution in [3.63, 3.8) is 0 Å². The summed E-state index contributed by atoms with van der Waals surface area (Å²) in [6, 6.07) is 3.64.